The number of nitrogens with zero attached hydrogens (tertiary/aromatic N) is 3. The zero-order valence-corrected chi connectivity index (χ0v) is 12.7. The molecule has 0 unspecified atom stereocenters. The average Bonchev–Trinajstić information content (AvgIpc) is 2.86. The molecule has 112 valence electrons. The molecule has 2 aromatic heterocycles. The molecule has 2 rings (SSSR count). The van der Waals surface area contributed by atoms with Crippen LogP contribution in [0.5, 0.6) is 0 Å². The first kappa shape index (κ1) is 15.0. The molecule has 6 heteroatoms. The number of aromatic nitrogens is 3. The highest BCUT2D eigenvalue weighted by molar-refractivity contribution is 5.99. The van der Waals surface area contributed by atoms with E-state index in [9.17, 15) is 4.79 Å². The third-order valence-electron chi connectivity index (χ3n) is 3.20. The number of nitrogens with one attached hydrogen (secondary N) is 2. The van der Waals surface area contributed by atoms with Crippen LogP contribution >= 0.6 is 0 Å². The van der Waals surface area contributed by atoms with E-state index in [1.54, 1.807) is 23.1 Å². The average molecular weight is 287 g/mol. The van der Waals surface area contributed by atoms with Crippen molar-refractivity contribution in [3.05, 3.63) is 41.5 Å². The Morgan fingerprint density at radius 1 is 1.38 bits per heavy atom. The van der Waals surface area contributed by atoms with Crippen LogP contribution in [0.4, 0.5) is 5.69 Å². The number of hydrogen-bond acceptors (Lipinski definition) is 4. The summed E-state index contributed by atoms with van der Waals surface area (Å²) in [5.41, 5.74) is 3.42. The van der Waals surface area contributed by atoms with Crippen molar-refractivity contribution in [2.45, 2.75) is 26.8 Å². The topological polar surface area (TPSA) is 71.8 Å². The molecule has 0 aromatic carbocycles. The van der Waals surface area contributed by atoms with Gasteiger partial charge >= 0.3 is 0 Å². The lowest BCUT2D eigenvalue weighted by Crippen LogP contribution is -2.24. The van der Waals surface area contributed by atoms with E-state index in [1.165, 1.54) is 0 Å². The summed E-state index contributed by atoms with van der Waals surface area (Å²) in [5.74, 6) is -0.112. The number of hydrogen-bond donors (Lipinski definition) is 2. The van der Waals surface area contributed by atoms with Gasteiger partial charge in [-0.2, -0.15) is 5.10 Å². The maximum absolute atomic E-state index is 12.3. The van der Waals surface area contributed by atoms with Gasteiger partial charge in [-0.15, -0.1) is 0 Å². The summed E-state index contributed by atoms with van der Waals surface area (Å²) in [6.45, 7) is 5.26. The monoisotopic (exact) mass is 287 g/mol. The van der Waals surface area contributed by atoms with E-state index in [0.29, 0.717) is 12.1 Å². The number of carbonyl (C=O) groups is 1. The standard InChI is InChI=1S/C15H21N5O/c1-4-13-11(10-20(3)19-13)8-18-15(21)12-6-7-16-9-14(12)17-5-2/h6-7,9-10,17H,4-5,8H2,1-3H3,(H,18,21). The molecule has 0 aliphatic carbocycles. The fourth-order valence-corrected chi connectivity index (χ4v) is 2.22. The summed E-state index contributed by atoms with van der Waals surface area (Å²) in [6.07, 6.45) is 6.08. The van der Waals surface area contributed by atoms with Crippen molar-refractivity contribution in [3.63, 3.8) is 0 Å². The van der Waals surface area contributed by atoms with Gasteiger partial charge in [0.2, 0.25) is 0 Å². The summed E-state index contributed by atoms with van der Waals surface area (Å²) in [7, 11) is 1.89. The Morgan fingerprint density at radius 2 is 2.19 bits per heavy atom. The molecule has 0 aliphatic rings. The van der Waals surface area contributed by atoms with Crippen molar-refractivity contribution in [2.75, 3.05) is 11.9 Å². The summed E-state index contributed by atoms with van der Waals surface area (Å²) in [4.78, 5) is 16.4. The van der Waals surface area contributed by atoms with Crippen molar-refractivity contribution < 1.29 is 4.79 Å². The fourth-order valence-electron chi connectivity index (χ4n) is 2.22. The van der Waals surface area contributed by atoms with Gasteiger partial charge < -0.3 is 10.6 Å². The lowest BCUT2D eigenvalue weighted by molar-refractivity contribution is 0.0951. The Balaban J connectivity index is 2.08. The Morgan fingerprint density at radius 3 is 2.90 bits per heavy atom. The molecule has 0 saturated carbocycles. The number of carbonyl (C=O) groups excluding carboxylic acids is 1. The second-order valence-electron chi connectivity index (χ2n) is 4.76. The van der Waals surface area contributed by atoms with E-state index in [4.69, 9.17) is 0 Å². The third kappa shape index (κ3) is 3.59. The lowest BCUT2D eigenvalue weighted by atomic mass is 10.2. The summed E-state index contributed by atoms with van der Waals surface area (Å²) < 4.78 is 1.77. The van der Waals surface area contributed by atoms with Crippen LogP contribution in [-0.4, -0.2) is 27.2 Å². The lowest BCUT2D eigenvalue weighted by Gasteiger charge is -2.10. The van der Waals surface area contributed by atoms with Crippen molar-refractivity contribution in [1.82, 2.24) is 20.1 Å². The molecule has 1 amide bonds. The van der Waals surface area contributed by atoms with Crippen LogP contribution in [0.25, 0.3) is 0 Å². The predicted octanol–water partition coefficient (Wildman–Crippen LogP) is 1.74. The summed E-state index contributed by atoms with van der Waals surface area (Å²) in [5, 5.41) is 10.5. The Kier molecular flexibility index (Phi) is 4.92. The number of rotatable bonds is 6. The molecular formula is C15H21N5O. The van der Waals surface area contributed by atoms with E-state index in [2.05, 4.69) is 27.6 Å². The highest BCUT2D eigenvalue weighted by Crippen LogP contribution is 2.13. The molecule has 2 heterocycles. The van der Waals surface area contributed by atoms with Crippen molar-refractivity contribution >= 4 is 11.6 Å². The van der Waals surface area contributed by atoms with Crippen LogP contribution in [0.2, 0.25) is 0 Å². The van der Waals surface area contributed by atoms with Crippen LogP contribution < -0.4 is 10.6 Å². The van der Waals surface area contributed by atoms with Crippen molar-refractivity contribution in [3.8, 4) is 0 Å². The zero-order valence-electron chi connectivity index (χ0n) is 12.7. The Labute approximate surface area is 124 Å². The first-order chi connectivity index (χ1) is 10.2. The molecule has 2 aromatic rings. The summed E-state index contributed by atoms with van der Waals surface area (Å²) in [6, 6.07) is 1.72. The third-order valence-corrected chi connectivity index (χ3v) is 3.20. The van der Waals surface area contributed by atoms with Crippen LogP contribution in [0, 0.1) is 0 Å². The number of pyridine rings is 1. The van der Waals surface area contributed by atoms with Crippen LogP contribution in [0.15, 0.2) is 24.7 Å². The van der Waals surface area contributed by atoms with E-state index in [-0.39, 0.29) is 5.91 Å². The van der Waals surface area contributed by atoms with Crippen molar-refractivity contribution in [2.24, 2.45) is 7.05 Å². The predicted molar refractivity (Wildman–Crippen MR) is 82.2 cm³/mol. The van der Waals surface area contributed by atoms with Crippen molar-refractivity contribution in [1.29, 1.82) is 0 Å². The highest BCUT2D eigenvalue weighted by atomic mass is 16.1. The second-order valence-corrected chi connectivity index (χ2v) is 4.76. The van der Waals surface area contributed by atoms with Crippen LogP contribution in [0.1, 0.15) is 35.5 Å². The van der Waals surface area contributed by atoms with E-state index < -0.39 is 0 Å². The molecule has 0 saturated heterocycles. The van der Waals surface area contributed by atoms with Gasteiger partial charge in [0.05, 0.1) is 23.1 Å². The van der Waals surface area contributed by atoms with E-state index >= 15 is 0 Å². The number of amides is 1. The Bertz CT molecular complexity index is 620. The maximum atomic E-state index is 12.3. The minimum Gasteiger partial charge on any atom is -0.383 e. The van der Waals surface area contributed by atoms with Crippen LogP contribution in [0.3, 0.4) is 0 Å². The van der Waals surface area contributed by atoms with Gasteiger partial charge in [0.15, 0.2) is 0 Å². The second kappa shape index (κ2) is 6.88. The zero-order chi connectivity index (χ0) is 15.2. The minimum atomic E-state index is -0.112. The molecule has 21 heavy (non-hydrogen) atoms. The maximum Gasteiger partial charge on any atom is 0.253 e. The molecule has 0 fully saturated rings. The Hall–Kier alpha value is -2.37. The molecule has 0 atom stereocenters. The SMILES string of the molecule is CCNc1cnccc1C(=O)NCc1cn(C)nc1CC. The minimum absolute atomic E-state index is 0.112. The first-order valence-corrected chi connectivity index (χ1v) is 7.13. The largest absolute Gasteiger partial charge is 0.383 e. The van der Waals surface area contributed by atoms with E-state index in [1.807, 2.05) is 20.2 Å². The molecule has 0 radical (unpaired) electrons. The van der Waals surface area contributed by atoms with Gasteiger partial charge in [-0.1, -0.05) is 6.92 Å². The smallest absolute Gasteiger partial charge is 0.253 e. The number of aryl methyl sites for hydroxylation is 2. The normalized spacial score (nSPS) is 10.4. The van der Waals surface area contributed by atoms with E-state index in [0.717, 1.165) is 29.9 Å². The quantitative estimate of drug-likeness (QED) is 0.849. The molecule has 6 nitrogen and oxygen atoms in total. The van der Waals surface area contributed by atoms with Gasteiger partial charge in [-0.25, -0.2) is 0 Å². The van der Waals surface area contributed by atoms with Gasteiger partial charge in [-0.3, -0.25) is 14.5 Å². The number of anilines is 1. The van der Waals surface area contributed by atoms with Gasteiger partial charge in [0.25, 0.3) is 5.91 Å². The highest BCUT2D eigenvalue weighted by Gasteiger charge is 2.12. The first-order valence-electron chi connectivity index (χ1n) is 7.13. The molecule has 0 aliphatic heterocycles. The molecule has 2 N–H and O–H groups in total. The van der Waals surface area contributed by atoms with Gasteiger partial charge in [0.1, 0.15) is 0 Å². The van der Waals surface area contributed by atoms with Crippen LogP contribution in [-0.2, 0) is 20.0 Å². The molecule has 0 bridgehead atoms. The van der Waals surface area contributed by atoms with Gasteiger partial charge in [0, 0.05) is 38.1 Å². The fraction of sp³-hybridized carbons (Fsp3) is 0.400. The van der Waals surface area contributed by atoms with Gasteiger partial charge in [-0.05, 0) is 19.4 Å². The molecular weight excluding hydrogens is 266 g/mol. The molecule has 0 spiro atoms. The summed E-state index contributed by atoms with van der Waals surface area (Å²) >= 11 is 0.